The van der Waals surface area contributed by atoms with Gasteiger partial charge >= 0.3 is 0 Å². The number of nitrogens with one attached hydrogen (secondary N) is 1. The largest absolute Gasteiger partial charge is 0.334 e. The molecule has 1 heterocycles. The molecule has 1 aromatic heterocycles. The van der Waals surface area contributed by atoms with E-state index in [1.807, 2.05) is 19.3 Å². The second-order valence-electron chi connectivity index (χ2n) is 4.93. The minimum atomic E-state index is 0.381. The molecule has 17 heavy (non-hydrogen) atoms. The molecule has 1 saturated carbocycles. The Morgan fingerprint density at radius 3 is 3.00 bits per heavy atom. The van der Waals surface area contributed by atoms with Crippen molar-refractivity contribution < 1.29 is 0 Å². The van der Waals surface area contributed by atoms with Gasteiger partial charge in [-0.25, -0.2) is 4.98 Å². The molecular weight excluding hydrogens is 234 g/mol. The molecule has 0 saturated heterocycles. The lowest BCUT2D eigenvalue weighted by Crippen LogP contribution is -2.32. The molecule has 2 rings (SSSR count). The molecule has 0 spiro atoms. The SMILES string of the molecule is Cc1nccn1CCNCC1CCCCC1Cl. The molecule has 0 aliphatic heterocycles. The molecule has 2 unspecified atom stereocenters. The van der Waals surface area contributed by atoms with E-state index in [1.54, 1.807) is 0 Å². The predicted molar refractivity (Wildman–Crippen MR) is 71.4 cm³/mol. The van der Waals surface area contributed by atoms with Crippen LogP contribution in [0.1, 0.15) is 31.5 Å². The van der Waals surface area contributed by atoms with E-state index >= 15 is 0 Å². The van der Waals surface area contributed by atoms with Crippen molar-refractivity contribution in [2.75, 3.05) is 13.1 Å². The van der Waals surface area contributed by atoms with Gasteiger partial charge in [0.1, 0.15) is 5.82 Å². The first-order chi connectivity index (χ1) is 8.27. The molecule has 1 aliphatic rings. The summed E-state index contributed by atoms with van der Waals surface area (Å²) in [7, 11) is 0. The molecular formula is C13H22ClN3. The van der Waals surface area contributed by atoms with E-state index in [2.05, 4.69) is 14.9 Å². The van der Waals surface area contributed by atoms with E-state index in [-0.39, 0.29) is 0 Å². The van der Waals surface area contributed by atoms with Crippen LogP contribution < -0.4 is 5.32 Å². The second-order valence-corrected chi connectivity index (χ2v) is 5.49. The average Bonchev–Trinajstić information content (AvgIpc) is 2.73. The molecule has 2 atom stereocenters. The van der Waals surface area contributed by atoms with Crippen LogP contribution in [0.15, 0.2) is 12.4 Å². The number of hydrogen-bond donors (Lipinski definition) is 1. The number of halogens is 1. The minimum Gasteiger partial charge on any atom is -0.334 e. The molecule has 3 nitrogen and oxygen atoms in total. The van der Waals surface area contributed by atoms with Gasteiger partial charge in [0.25, 0.3) is 0 Å². The van der Waals surface area contributed by atoms with Crippen LogP contribution in [-0.2, 0) is 6.54 Å². The van der Waals surface area contributed by atoms with Crippen molar-refractivity contribution in [2.45, 2.75) is 44.5 Å². The van der Waals surface area contributed by atoms with Gasteiger partial charge in [0.15, 0.2) is 0 Å². The molecule has 4 heteroatoms. The standard InChI is InChI=1S/C13H22ClN3/c1-11-16-7-9-17(11)8-6-15-10-12-4-2-3-5-13(12)14/h7,9,12-13,15H,2-6,8,10H2,1H3. The summed E-state index contributed by atoms with van der Waals surface area (Å²) >= 11 is 6.33. The molecule has 1 N–H and O–H groups in total. The Morgan fingerprint density at radius 2 is 2.29 bits per heavy atom. The van der Waals surface area contributed by atoms with Gasteiger partial charge in [-0.1, -0.05) is 12.8 Å². The van der Waals surface area contributed by atoms with E-state index in [1.165, 1.54) is 25.7 Å². The topological polar surface area (TPSA) is 29.9 Å². The van der Waals surface area contributed by atoms with E-state index in [0.29, 0.717) is 11.3 Å². The summed E-state index contributed by atoms with van der Waals surface area (Å²) in [6.07, 6.45) is 9.00. The average molecular weight is 256 g/mol. The molecule has 0 bridgehead atoms. The van der Waals surface area contributed by atoms with Gasteiger partial charge in [0.05, 0.1) is 0 Å². The van der Waals surface area contributed by atoms with Crippen LogP contribution in [0.3, 0.4) is 0 Å². The number of aryl methyl sites for hydroxylation is 1. The van der Waals surface area contributed by atoms with Crippen LogP contribution in [0.5, 0.6) is 0 Å². The van der Waals surface area contributed by atoms with Crippen molar-refractivity contribution in [1.29, 1.82) is 0 Å². The lowest BCUT2D eigenvalue weighted by molar-refractivity contribution is 0.347. The number of hydrogen-bond acceptors (Lipinski definition) is 2. The van der Waals surface area contributed by atoms with Gasteiger partial charge < -0.3 is 9.88 Å². The Kier molecular flexibility index (Phi) is 4.86. The molecule has 0 amide bonds. The highest BCUT2D eigenvalue weighted by atomic mass is 35.5. The van der Waals surface area contributed by atoms with E-state index < -0.39 is 0 Å². The van der Waals surface area contributed by atoms with Crippen molar-refractivity contribution in [3.05, 3.63) is 18.2 Å². The quantitative estimate of drug-likeness (QED) is 0.648. The monoisotopic (exact) mass is 255 g/mol. The molecule has 0 aromatic carbocycles. The number of rotatable bonds is 5. The first-order valence-electron chi connectivity index (χ1n) is 6.60. The maximum absolute atomic E-state index is 6.33. The summed E-state index contributed by atoms with van der Waals surface area (Å²) in [4.78, 5) is 4.21. The number of aromatic nitrogens is 2. The van der Waals surface area contributed by atoms with Crippen LogP contribution in [-0.4, -0.2) is 28.0 Å². The Hall–Kier alpha value is -0.540. The smallest absolute Gasteiger partial charge is 0.105 e. The van der Waals surface area contributed by atoms with Gasteiger partial charge in [-0.3, -0.25) is 0 Å². The maximum atomic E-state index is 6.33. The van der Waals surface area contributed by atoms with Crippen LogP contribution >= 0.6 is 11.6 Å². The molecule has 1 aliphatic carbocycles. The van der Waals surface area contributed by atoms with Crippen molar-refractivity contribution in [2.24, 2.45) is 5.92 Å². The number of imidazole rings is 1. The maximum Gasteiger partial charge on any atom is 0.105 e. The zero-order chi connectivity index (χ0) is 12.1. The fraction of sp³-hybridized carbons (Fsp3) is 0.769. The summed E-state index contributed by atoms with van der Waals surface area (Å²) < 4.78 is 2.17. The predicted octanol–water partition coefficient (Wildman–Crippen LogP) is 2.58. The highest BCUT2D eigenvalue weighted by Crippen LogP contribution is 2.27. The fourth-order valence-electron chi connectivity index (χ4n) is 2.52. The highest BCUT2D eigenvalue weighted by molar-refractivity contribution is 6.20. The summed E-state index contributed by atoms with van der Waals surface area (Å²) in [6.45, 7) is 5.08. The minimum absolute atomic E-state index is 0.381. The summed E-state index contributed by atoms with van der Waals surface area (Å²) in [5.74, 6) is 1.74. The first-order valence-corrected chi connectivity index (χ1v) is 7.03. The zero-order valence-corrected chi connectivity index (χ0v) is 11.3. The Bertz CT molecular complexity index is 337. The third-order valence-corrected chi connectivity index (χ3v) is 4.25. The highest BCUT2D eigenvalue weighted by Gasteiger charge is 2.22. The molecule has 0 radical (unpaired) electrons. The number of alkyl halides is 1. The van der Waals surface area contributed by atoms with Crippen LogP contribution in [0.25, 0.3) is 0 Å². The van der Waals surface area contributed by atoms with Gasteiger partial charge in [-0.05, 0) is 32.2 Å². The van der Waals surface area contributed by atoms with E-state index in [4.69, 9.17) is 11.6 Å². The van der Waals surface area contributed by atoms with E-state index in [9.17, 15) is 0 Å². The van der Waals surface area contributed by atoms with Crippen molar-refractivity contribution in [1.82, 2.24) is 14.9 Å². The lowest BCUT2D eigenvalue weighted by atomic mass is 9.89. The second kappa shape index (κ2) is 6.41. The molecule has 1 fully saturated rings. The van der Waals surface area contributed by atoms with Crippen LogP contribution in [0.2, 0.25) is 0 Å². The number of nitrogens with zero attached hydrogens (tertiary/aromatic N) is 2. The fourth-order valence-corrected chi connectivity index (χ4v) is 2.89. The lowest BCUT2D eigenvalue weighted by Gasteiger charge is -2.27. The van der Waals surface area contributed by atoms with Crippen LogP contribution in [0, 0.1) is 12.8 Å². The van der Waals surface area contributed by atoms with E-state index in [0.717, 1.165) is 25.5 Å². The zero-order valence-electron chi connectivity index (χ0n) is 10.5. The van der Waals surface area contributed by atoms with Gasteiger partial charge in [-0.2, -0.15) is 0 Å². The van der Waals surface area contributed by atoms with Crippen molar-refractivity contribution in [3.63, 3.8) is 0 Å². The Morgan fingerprint density at radius 1 is 1.47 bits per heavy atom. The van der Waals surface area contributed by atoms with Crippen molar-refractivity contribution in [3.8, 4) is 0 Å². The third kappa shape index (κ3) is 3.71. The summed E-state index contributed by atoms with van der Waals surface area (Å²) in [5, 5.41) is 3.90. The summed E-state index contributed by atoms with van der Waals surface area (Å²) in [6, 6.07) is 0. The Labute approximate surface area is 109 Å². The van der Waals surface area contributed by atoms with Crippen molar-refractivity contribution >= 4 is 11.6 Å². The van der Waals surface area contributed by atoms with Gasteiger partial charge in [0, 0.05) is 30.9 Å². The third-order valence-electron chi connectivity index (χ3n) is 3.68. The van der Waals surface area contributed by atoms with Gasteiger partial charge in [-0.15, -0.1) is 11.6 Å². The summed E-state index contributed by atoms with van der Waals surface area (Å²) in [5.41, 5.74) is 0. The van der Waals surface area contributed by atoms with Gasteiger partial charge in [0.2, 0.25) is 0 Å². The molecule has 1 aromatic rings. The normalized spacial score (nSPS) is 25.1. The first kappa shape index (κ1) is 12.9. The molecule has 96 valence electrons. The Balaban J connectivity index is 1.64. The van der Waals surface area contributed by atoms with Crippen LogP contribution in [0.4, 0.5) is 0 Å².